The molecule has 1 fully saturated rings. The average molecular weight is 412 g/mol. The molecule has 0 spiro atoms. The molecule has 2 aromatic carbocycles. The second-order valence-corrected chi connectivity index (χ2v) is 8.72. The molecule has 0 bridgehead atoms. The van der Waals surface area contributed by atoms with Gasteiger partial charge in [-0.05, 0) is 44.0 Å². The smallest absolute Gasteiger partial charge is 0.316 e. The summed E-state index contributed by atoms with van der Waals surface area (Å²) < 4.78 is 34.1. The Kier molecular flexibility index (Phi) is 4.96. The fourth-order valence-electron chi connectivity index (χ4n) is 3.72. The summed E-state index contributed by atoms with van der Waals surface area (Å²) in [6.45, 7) is 2.34. The first-order chi connectivity index (χ1) is 13.9. The molecule has 8 heteroatoms. The van der Waals surface area contributed by atoms with Gasteiger partial charge in [-0.1, -0.05) is 24.3 Å². The number of fused-ring (bicyclic) bond motifs is 1. The molecule has 0 amide bonds. The van der Waals surface area contributed by atoms with Crippen molar-refractivity contribution in [2.75, 3.05) is 13.1 Å². The van der Waals surface area contributed by atoms with Crippen molar-refractivity contribution < 1.29 is 22.7 Å². The highest BCUT2D eigenvalue weighted by atomic mass is 32.2. The van der Waals surface area contributed by atoms with Gasteiger partial charge in [-0.25, -0.2) is 0 Å². The van der Waals surface area contributed by atoms with Crippen LogP contribution in [0, 0.1) is 5.92 Å². The van der Waals surface area contributed by atoms with E-state index in [2.05, 4.69) is 4.40 Å². The number of esters is 1. The molecular weight excluding hydrogens is 392 g/mol. The fourth-order valence-corrected chi connectivity index (χ4v) is 4.94. The number of nitrogens with zero attached hydrogens (tertiary/aromatic N) is 2. The van der Waals surface area contributed by atoms with Crippen LogP contribution in [-0.4, -0.2) is 44.0 Å². The highest BCUT2D eigenvalue weighted by Crippen LogP contribution is 2.30. The Morgan fingerprint density at radius 1 is 1.10 bits per heavy atom. The van der Waals surface area contributed by atoms with Crippen LogP contribution >= 0.6 is 0 Å². The maximum atomic E-state index is 12.8. The number of sulfonamides is 1. The van der Waals surface area contributed by atoms with Gasteiger partial charge >= 0.3 is 5.97 Å². The van der Waals surface area contributed by atoms with Gasteiger partial charge in [0.2, 0.25) is 0 Å². The molecule has 0 unspecified atom stereocenters. The van der Waals surface area contributed by atoms with Crippen molar-refractivity contribution in [3.63, 3.8) is 0 Å². The van der Waals surface area contributed by atoms with Crippen LogP contribution in [0.4, 0.5) is 0 Å². The highest BCUT2D eigenvalue weighted by molar-refractivity contribution is 7.90. The van der Waals surface area contributed by atoms with Gasteiger partial charge in [0.05, 0.1) is 11.5 Å². The van der Waals surface area contributed by atoms with Gasteiger partial charge in [0, 0.05) is 18.7 Å². The topological polar surface area (TPSA) is 93.1 Å². The third kappa shape index (κ3) is 3.67. The van der Waals surface area contributed by atoms with E-state index in [1.807, 2.05) is 4.90 Å². The summed E-state index contributed by atoms with van der Waals surface area (Å²) in [7, 11) is -3.71. The largest absolute Gasteiger partial charge is 0.425 e. The van der Waals surface area contributed by atoms with Crippen LogP contribution in [0.1, 0.15) is 35.7 Å². The summed E-state index contributed by atoms with van der Waals surface area (Å²) >= 11 is 0. The Labute approximate surface area is 169 Å². The van der Waals surface area contributed by atoms with E-state index in [4.69, 9.17) is 4.74 Å². The lowest BCUT2D eigenvalue weighted by Gasteiger charge is -2.32. The van der Waals surface area contributed by atoms with Crippen molar-refractivity contribution in [1.82, 2.24) is 4.90 Å². The second kappa shape index (κ2) is 7.44. The Hall–Kier alpha value is -3.00. The van der Waals surface area contributed by atoms with Crippen molar-refractivity contribution >= 4 is 27.6 Å². The van der Waals surface area contributed by atoms with E-state index in [0.717, 1.165) is 0 Å². The number of amidine groups is 1. The lowest BCUT2D eigenvalue weighted by Crippen LogP contribution is -2.43. The number of hydrogen-bond acceptors (Lipinski definition) is 6. The third-order valence-electron chi connectivity index (χ3n) is 5.14. The Morgan fingerprint density at radius 2 is 1.83 bits per heavy atom. The molecule has 2 aliphatic heterocycles. The number of rotatable bonds is 3. The molecule has 1 atom stereocenters. The molecule has 2 aliphatic rings. The molecule has 0 N–H and O–H groups in total. The van der Waals surface area contributed by atoms with Crippen LogP contribution in [0.2, 0.25) is 0 Å². The van der Waals surface area contributed by atoms with Gasteiger partial charge in [-0.15, -0.1) is 4.40 Å². The van der Waals surface area contributed by atoms with E-state index in [9.17, 15) is 18.0 Å². The van der Waals surface area contributed by atoms with Crippen LogP contribution in [0.3, 0.4) is 0 Å². The molecule has 7 nitrogen and oxygen atoms in total. The zero-order valence-electron chi connectivity index (χ0n) is 15.9. The van der Waals surface area contributed by atoms with Crippen molar-refractivity contribution in [2.24, 2.45) is 10.3 Å². The normalized spacial score (nSPS) is 20.0. The first-order valence-electron chi connectivity index (χ1n) is 9.38. The monoisotopic (exact) mass is 412 g/mol. The number of piperidine rings is 1. The molecule has 0 aliphatic carbocycles. The zero-order chi connectivity index (χ0) is 20.6. The lowest BCUT2D eigenvalue weighted by atomic mass is 9.97. The molecule has 29 heavy (non-hydrogen) atoms. The summed E-state index contributed by atoms with van der Waals surface area (Å²) in [6, 6.07) is 13.3. The van der Waals surface area contributed by atoms with E-state index in [1.165, 1.54) is 13.0 Å². The minimum Gasteiger partial charge on any atom is -0.425 e. The van der Waals surface area contributed by atoms with E-state index in [1.54, 1.807) is 42.5 Å². The summed E-state index contributed by atoms with van der Waals surface area (Å²) in [5.41, 5.74) is 0.914. The standard InChI is InChI=1S/C21H20N2O5S/c1-14(24)16-8-2-4-10-18(16)28-21(25)15-7-6-12-23(13-15)20-17-9-3-5-11-19(17)29(26,27)22-20/h2-5,8-11,15H,6-7,12-13H2,1H3/t15-/m1/s1. The van der Waals surface area contributed by atoms with Gasteiger partial charge in [0.1, 0.15) is 10.6 Å². The third-order valence-corrected chi connectivity index (χ3v) is 6.47. The predicted molar refractivity (Wildman–Crippen MR) is 107 cm³/mol. The minimum atomic E-state index is -3.71. The Bertz CT molecular complexity index is 1120. The Morgan fingerprint density at radius 3 is 2.62 bits per heavy atom. The highest BCUT2D eigenvalue weighted by Gasteiger charge is 2.35. The van der Waals surface area contributed by atoms with E-state index in [-0.39, 0.29) is 16.4 Å². The lowest BCUT2D eigenvalue weighted by molar-refractivity contribution is -0.140. The van der Waals surface area contributed by atoms with Gasteiger partial charge in [0.25, 0.3) is 10.0 Å². The SMILES string of the molecule is CC(=O)c1ccccc1OC(=O)[C@@H]1CCCN(C2=NS(=O)(=O)c3ccccc32)C1. The van der Waals surface area contributed by atoms with Crippen molar-refractivity contribution in [1.29, 1.82) is 0 Å². The van der Waals surface area contributed by atoms with Crippen LogP contribution in [-0.2, 0) is 14.8 Å². The van der Waals surface area contributed by atoms with Crippen molar-refractivity contribution in [3.8, 4) is 5.75 Å². The summed E-state index contributed by atoms with van der Waals surface area (Å²) in [5.74, 6) is -0.434. The maximum Gasteiger partial charge on any atom is 0.316 e. The molecule has 2 aromatic rings. The average Bonchev–Trinajstić information content (AvgIpc) is 3.00. The van der Waals surface area contributed by atoms with Gasteiger partial charge in [0.15, 0.2) is 11.6 Å². The van der Waals surface area contributed by atoms with E-state index in [0.29, 0.717) is 42.9 Å². The Balaban J connectivity index is 1.54. The molecule has 0 radical (unpaired) electrons. The first kappa shape index (κ1) is 19.3. The quantitative estimate of drug-likeness (QED) is 0.437. The van der Waals surface area contributed by atoms with Crippen LogP contribution in [0.15, 0.2) is 57.8 Å². The summed E-state index contributed by atoms with van der Waals surface area (Å²) in [4.78, 5) is 26.5. The summed E-state index contributed by atoms with van der Waals surface area (Å²) in [5, 5.41) is 0. The maximum absolute atomic E-state index is 12.8. The number of ether oxygens (including phenoxy) is 1. The molecule has 4 rings (SSSR count). The molecule has 0 saturated carbocycles. The number of para-hydroxylation sites is 1. The van der Waals surface area contributed by atoms with E-state index >= 15 is 0 Å². The van der Waals surface area contributed by atoms with Crippen LogP contribution in [0.5, 0.6) is 5.75 Å². The number of benzene rings is 2. The first-order valence-corrected chi connectivity index (χ1v) is 10.8. The number of likely N-dealkylation sites (tertiary alicyclic amines) is 1. The molecule has 150 valence electrons. The molecule has 0 aromatic heterocycles. The van der Waals surface area contributed by atoms with Gasteiger partial charge in [-0.2, -0.15) is 8.42 Å². The number of carbonyl (C=O) groups is 2. The second-order valence-electron chi connectivity index (χ2n) is 7.14. The zero-order valence-corrected chi connectivity index (χ0v) is 16.7. The minimum absolute atomic E-state index is 0.180. The molecule has 2 heterocycles. The van der Waals surface area contributed by atoms with Crippen molar-refractivity contribution in [3.05, 3.63) is 59.7 Å². The van der Waals surface area contributed by atoms with E-state index < -0.39 is 21.9 Å². The number of ketones is 1. The summed E-state index contributed by atoms with van der Waals surface area (Å²) in [6.07, 6.45) is 1.33. The van der Waals surface area contributed by atoms with Crippen molar-refractivity contribution in [2.45, 2.75) is 24.7 Å². The van der Waals surface area contributed by atoms with Crippen LogP contribution < -0.4 is 4.74 Å². The predicted octanol–water partition coefficient (Wildman–Crippen LogP) is 2.66. The fraction of sp³-hybridized carbons (Fsp3) is 0.286. The number of hydrogen-bond donors (Lipinski definition) is 0. The molecule has 1 saturated heterocycles. The van der Waals surface area contributed by atoms with Gasteiger partial charge < -0.3 is 9.64 Å². The number of Topliss-reactive ketones (excluding diaryl/α,β-unsaturated/α-hetero) is 1. The number of carbonyl (C=O) groups excluding carboxylic acids is 2. The van der Waals surface area contributed by atoms with Crippen LogP contribution in [0.25, 0.3) is 0 Å². The molecular formula is C21H20N2O5S. The van der Waals surface area contributed by atoms with Gasteiger partial charge in [-0.3, -0.25) is 9.59 Å².